The number of nitrogens with zero attached hydrogens (tertiary/aromatic N) is 1. The van der Waals surface area contributed by atoms with Crippen LogP contribution in [0.4, 0.5) is 0 Å². The summed E-state index contributed by atoms with van der Waals surface area (Å²) in [6, 6.07) is 17.2. The van der Waals surface area contributed by atoms with Gasteiger partial charge in [-0.05, 0) is 23.8 Å². The van der Waals surface area contributed by atoms with Gasteiger partial charge in [-0.2, -0.15) is 0 Å². The van der Waals surface area contributed by atoms with Gasteiger partial charge in [0.15, 0.2) is 11.5 Å². The highest BCUT2D eigenvalue weighted by atomic mass is 35.5. The molecule has 0 atom stereocenters. The van der Waals surface area contributed by atoms with Crippen molar-refractivity contribution in [3.63, 3.8) is 0 Å². The first-order chi connectivity index (χ1) is 10.7. The van der Waals surface area contributed by atoms with Gasteiger partial charge in [0.05, 0.1) is 0 Å². The molecule has 0 amide bonds. The van der Waals surface area contributed by atoms with E-state index in [1.165, 1.54) is 0 Å². The first kappa shape index (κ1) is 14.5. The molecule has 0 spiro atoms. The Morgan fingerprint density at radius 2 is 1.82 bits per heavy atom. The van der Waals surface area contributed by atoms with Crippen molar-refractivity contribution in [3.05, 3.63) is 77.6 Å². The summed E-state index contributed by atoms with van der Waals surface area (Å²) in [4.78, 5) is 0. The van der Waals surface area contributed by atoms with Crippen molar-refractivity contribution in [1.82, 2.24) is 4.57 Å². The van der Waals surface area contributed by atoms with Crippen LogP contribution in [-0.2, 0) is 13.7 Å². The fourth-order valence-electron chi connectivity index (χ4n) is 2.08. The lowest BCUT2D eigenvalue weighted by molar-refractivity contribution is 0.291. The number of hydrogen-bond acceptors (Lipinski definition) is 2. The maximum Gasteiger partial charge on any atom is 0.169 e. The molecule has 0 saturated carbocycles. The molecule has 0 N–H and O–H groups in total. The number of benzene rings is 2. The molecule has 22 heavy (non-hydrogen) atoms. The second-order valence-electron chi connectivity index (χ2n) is 4.98. The lowest BCUT2D eigenvalue weighted by Crippen LogP contribution is -1.97. The van der Waals surface area contributed by atoms with Crippen LogP contribution in [0.25, 0.3) is 0 Å². The van der Waals surface area contributed by atoms with E-state index in [2.05, 4.69) is 0 Å². The molecule has 0 saturated heterocycles. The molecule has 0 bridgehead atoms. The van der Waals surface area contributed by atoms with E-state index in [1.54, 1.807) is 12.1 Å². The second-order valence-corrected chi connectivity index (χ2v) is 5.42. The summed E-state index contributed by atoms with van der Waals surface area (Å²) >= 11 is 6.07. The van der Waals surface area contributed by atoms with Crippen LogP contribution in [-0.4, -0.2) is 4.57 Å². The molecule has 1 heterocycles. The summed E-state index contributed by atoms with van der Waals surface area (Å²) in [5.41, 5.74) is 1.09. The van der Waals surface area contributed by atoms with Crippen molar-refractivity contribution in [1.29, 1.82) is 0 Å². The Bertz CT molecular complexity index is 753. The van der Waals surface area contributed by atoms with Crippen molar-refractivity contribution in [2.45, 2.75) is 6.61 Å². The van der Waals surface area contributed by atoms with E-state index in [0.29, 0.717) is 23.1 Å². The summed E-state index contributed by atoms with van der Waals surface area (Å²) in [6.45, 7) is 0.465. The summed E-state index contributed by atoms with van der Waals surface area (Å²) in [5, 5.41) is 0.614. The summed E-state index contributed by atoms with van der Waals surface area (Å²) < 4.78 is 13.7. The van der Waals surface area contributed by atoms with E-state index in [9.17, 15) is 0 Å². The molecule has 0 unspecified atom stereocenters. The Hall–Kier alpha value is -2.39. The van der Waals surface area contributed by atoms with Crippen molar-refractivity contribution >= 4 is 11.6 Å². The van der Waals surface area contributed by atoms with Gasteiger partial charge in [-0.15, -0.1) is 0 Å². The van der Waals surface area contributed by atoms with E-state index >= 15 is 0 Å². The van der Waals surface area contributed by atoms with E-state index < -0.39 is 0 Å². The molecule has 4 heteroatoms. The maximum absolute atomic E-state index is 6.07. The van der Waals surface area contributed by atoms with Crippen LogP contribution in [0.5, 0.6) is 17.2 Å². The molecule has 0 fully saturated rings. The fraction of sp³-hybridized carbons (Fsp3) is 0.111. The smallest absolute Gasteiger partial charge is 0.169 e. The zero-order chi connectivity index (χ0) is 15.4. The Kier molecular flexibility index (Phi) is 4.35. The van der Waals surface area contributed by atoms with Crippen LogP contribution in [0, 0.1) is 0 Å². The predicted octanol–water partition coefficient (Wildman–Crippen LogP) is 5.05. The third-order valence-electron chi connectivity index (χ3n) is 3.18. The molecule has 2 aromatic carbocycles. The van der Waals surface area contributed by atoms with Crippen LogP contribution in [0.15, 0.2) is 67.0 Å². The molecule has 3 rings (SSSR count). The quantitative estimate of drug-likeness (QED) is 0.658. The Balaban J connectivity index is 1.78. The molecular weight excluding hydrogens is 298 g/mol. The summed E-state index contributed by atoms with van der Waals surface area (Å²) in [7, 11) is 1.95. The third-order valence-corrected chi connectivity index (χ3v) is 3.41. The normalized spacial score (nSPS) is 10.5. The highest BCUT2D eigenvalue weighted by molar-refractivity contribution is 6.30. The Labute approximate surface area is 134 Å². The highest BCUT2D eigenvalue weighted by Gasteiger charge is 2.08. The van der Waals surface area contributed by atoms with Crippen LogP contribution >= 0.6 is 11.6 Å². The highest BCUT2D eigenvalue weighted by Crippen LogP contribution is 2.34. The molecule has 0 radical (unpaired) electrons. The van der Waals surface area contributed by atoms with Crippen LogP contribution in [0.1, 0.15) is 5.56 Å². The van der Waals surface area contributed by atoms with Crippen molar-refractivity contribution in [3.8, 4) is 17.2 Å². The number of hydrogen-bond donors (Lipinski definition) is 0. The topological polar surface area (TPSA) is 23.4 Å². The monoisotopic (exact) mass is 313 g/mol. The van der Waals surface area contributed by atoms with Gasteiger partial charge in [0.2, 0.25) is 0 Å². The van der Waals surface area contributed by atoms with Gasteiger partial charge >= 0.3 is 0 Å². The minimum Gasteiger partial charge on any atom is -0.485 e. The number of aryl methyl sites for hydroxylation is 1. The first-order valence-corrected chi connectivity index (χ1v) is 7.34. The van der Waals surface area contributed by atoms with E-state index in [1.807, 2.05) is 66.5 Å². The summed E-state index contributed by atoms with van der Waals surface area (Å²) in [6.07, 6.45) is 3.82. The standard InChI is InChI=1S/C18H16ClNO2/c1-20-10-9-16(12-20)22-17-8-7-15(19)11-18(17)21-13-14-5-3-2-4-6-14/h2-12H,13H2,1H3. The lowest BCUT2D eigenvalue weighted by atomic mass is 10.2. The molecule has 112 valence electrons. The SMILES string of the molecule is Cn1ccc(Oc2ccc(Cl)cc2OCc2ccccc2)c1. The van der Waals surface area contributed by atoms with E-state index in [-0.39, 0.29) is 0 Å². The van der Waals surface area contributed by atoms with Gasteiger partial charge in [-0.25, -0.2) is 0 Å². The average Bonchev–Trinajstić information content (AvgIpc) is 2.94. The molecule has 3 aromatic rings. The largest absolute Gasteiger partial charge is 0.485 e. The first-order valence-electron chi connectivity index (χ1n) is 6.97. The molecule has 0 aliphatic heterocycles. The van der Waals surface area contributed by atoms with E-state index in [4.69, 9.17) is 21.1 Å². The molecular formula is C18H16ClNO2. The fourth-order valence-corrected chi connectivity index (χ4v) is 2.24. The van der Waals surface area contributed by atoms with Gasteiger partial charge in [-0.3, -0.25) is 0 Å². The Morgan fingerprint density at radius 1 is 1.00 bits per heavy atom. The van der Waals surface area contributed by atoms with Gasteiger partial charge in [-0.1, -0.05) is 41.9 Å². The van der Waals surface area contributed by atoms with Crippen LogP contribution < -0.4 is 9.47 Å². The minimum absolute atomic E-state index is 0.465. The number of ether oxygens (including phenoxy) is 2. The number of aromatic nitrogens is 1. The van der Waals surface area contributed by atoms with Gasteiger partial charge in [0, 0.05) is 30.5 Å². The zero-order valence-corrected chi connectivity index (χ0v) is 13.0. The van der Waals surface area contributed by atoms with E-state index in [0.717, 1.165) is 11.3 Å². The molecule has 0 aliphatic carbocycles. The lowest BCUT2D eigenvalue weighted by Gasteiger charge is -2.12. The van der Waals surface area contributed by atoms with Crippen molar-refractivity contribution in [2.75, 3.05) is 0 Å². The van der Waals surface area contributed by atoms with Crippen LogP contribution in [0.2, 0.25) is 5.02 Å². The van der Waals surface area contributed by atoms with Crippen LogP contribution in [0.3, 0.4) is 0 Å². The van der Waals surface area contributed by atoms with Gasteiger partial charge < -0.3 is 14.0 Å². The summed E-state index contributed by atoms with van der Waals surface area (Å²) in [5.74, 6) is 2.03. The molecule has 0 aliphatic rings. The number of halogens is 1. The Morgan fingerprint density at radius 3 is 2.55 bits per heavy atom. The molecule has 3 nitrogen and oxygen atoms in total. The zero-order valence-electron chi connectivity index (χ0n) is 12.2. The van der Waals surface area contributed by atoms with Crippen molar-refractivity contribution < 1.29 is 9.47 Å². The third kappa shape index (κ3) is 3.62. The number of rotatable bonds is 5. The van der Waals surface area contributed by atoms with Gasteiger partial charge in [0.25, 0.3) is 0 Å². The maximum atomic E-state index is 6.07. The van der Waals surface area contributed by atoms with Gasteiger partial charge in [0.1, 0.15) is 12.4 Å². The molecule has 1 aromatic heterocycles. The average molecular weight is 314 g/mol. The second kappa shape index (κ2) is 6.58. The predicted molar refractivity (Wildman–Crippen MR) is 87.7 cm³/mol. The van der Waals surface area contributed by atoms with Crippen molar-refractivity contribution in [2.24, 2.45) is 7.05 Å². The minimum atomic E-state index is 0.465.